The van der Waals surface area contributed by atoms with Crippen molar-refractivity contribution in [2.45, 2.75) is 0 Å². The molecule has 0 unspecified atom stereocenters. The SMILES string of the molecule is c1ccc(-c2ncn3ccccc23)cc1. The van der Waals surface area contributed by atoms with Gasteiger partial charge in [-0.3, -0.25) is 0 Å². The number of rotatable bonds is 1. The zero-order chi connectivity index (χ0) is 10.1. The number of hydrogen-bond acceptors (Lipinski definition) is 1. The third kappa shape index (κ3) is 1.31. The second-order valence-electron chi connectivity index (χ2n) is 3.45. The van der Waals surface area contributed by atoms with Crippen LogP contribution in [0.25, 0.3) is 16.8 Å². The Labute approximate surface area is 87.8 Å². The van der Waals surface area contributed by atoms with Crippen molar-refractivity contribution in [2.24, 2.45) is 0 Å². The summed E-state index contributed by atoms with van der Waals surface area (Å²) in [7, 11) is 0. The molecule has 0 amide bonds. The molecule has 0 aliphatic carbocycles. The van der Waals surface area contributed by atoms with Crippen molar-refractivity contribution in [1.82, 2.24) is 9.38 Å². The fraction of sp³-hybridized carbons (Fsp3) is 0. The molecule has 2 heterocycles. The lowest BCUT2D eigenvalue weighted by Gasteiger charge is -1.97. The summed E-state index contributed by atoms with van der Waals surface area (Å²) < 4.78 is 2.03. The zero-order valence-corrected chi connectivity index (χ0v) is 8.17. The highest BCUT2D eigenvalue weighted by atomic mass is 15.0. The van der Waals surface area contributed by atoms with Gasteiger partial charge >= 0.3 is 0 Å². The number of pyridine rings is 1. The Morgan fingerprint density at radius 2 is 1.67 bits per heavy atom. The first-order valence-corrected chi connectivity index (χ1v) is 4.92. The molecule has 2 nitrogen and oxygen atoms in total. The molecule has 3 aromatic rings. The Bertz CT molecular complexity index is 582. The van der Waals surface area contributed by atoms with E-state index in [0.29, 0.717) is 0 Å². The van der Waals surface area contributed by atoms with Gasteiger partial charge in [-0.15, -0.1) is 0 Å². The monoisotopic (exact) mass is 194 g/mol. The normalized spacial score (nSPS) is 10.7. The molecule has 0 saturated carbocycles. The van der Waals surface area contributed by atoms with Crippen molar-refractivity contribution >= 4 is 5.52 Å². The molecule has 2 aromatic heterocycles. The molecule has 0 fully saturated rings. The number of hydrogen-bond donors (Lipinski definition) is 0. The lowest BCUT2D eigenvalue weighted by molar-refractivity contribution is 1.15. The molecular weight excluding hydrogens is 184 g/mol. The van der Waals surface area contributed by atoms with Crippen molar-refractivity contribution in [3.05, 3.63) is 61.1 Å². The highest BCUT2D eigenvalue weighted by Gasteiger charge is 2.04. The summed E-state index contributed by atoms with van der Waals surface area (Å²) in [5, 5.41) is 0. The van der Waals surface area contributed by atoms with Crippen molar-refractivity contribution in [1.29, 1.82) is 0 Å². The van der Waals surface area contributed by atoms with Gasteiger partial charge in [0, 0.05) is 11.8 Å². The molecule has 0 saturated heterocycles. The number of fused-ring (bicyclic) bond motifs is 1. The van der Waals surface area contributed by atoms with Gasteiger partial charge in [-0.2, -0.15) is 0 Å². The average molecular weight is 194 g/mol. The van der Waals surface area contributed by atoms with Crippen molar-refractivity contribution in [3.63, 3.8) is 0 Å². The van der Waals surface area contributed by atoms with E-state index < -0.39 is 0 Å². The average Bonchev–Trinajstić information content (AvgIpc) is 2.74. The van der Waals surface area contributed by atoms with Crippen LogP contribution in [0.4, 0.5) is 0 Å². The van der Waals surface area contributed by atoms with Crippen LogP contribution in [0, 0.1) is 0 Å². The third-order valence-corrected chi connectivity index (χ3v) is 2.49. The van der Waals surface area contributed by atoms with E-state index in [0.717, 1.165) is 16.8 Å². The molecule has 0 spiro atoms. The summed E-state index contributed by atoms with van der Waals surface area (Å²) in [6.45, 7) is 0. The predicted octanol–water partition coefficient (Wildman–Crippen LogP) is 3.00. The Morgan fingerprint density at radius 1 is 0.867 bits per heavy atom. The molecule has 0 aliphatic rings. The van der Waals surface area contributed by atoms with Crippen LogP contribution in [0.3, 0.4) is 0 Å². The van der Waals surface area contributed by atoms with Crippen molar-refractivity contribution in [3.8, 4) is 11.3 Å². The fourth-order valence-electron chi connectivity index (χ4n) is 1.76. The molecule has 0 aliphatic heterocycles. The summed E-state index contributed by atoms with van der Waals surface area (Å²) in [5.41, 5.74) is 3.34. The lowest BCUT2D eigenvalue weighted by atomic mass is 10.1. The highest BCUT2D eigenvalue weighted by molar-refractivity contribution is 5.76. The van der Waals surface area contributed by atoms with Gasteiger partial charge in [0.05, 0.1) is 17.5 Å². The Balaban J connectivity index is 2.28. The number of imidazole rings is 1. The summed E-state index contributed by atoms with van der Waals surface area (Å²) in [4.78, 5) is 4.43. The molecular formula is C13H10N2. The molecule has 1 aromatic carbocycles. The largest absolute Gasteiger partial charge is 0.306 e. The quantitative estimate of drug-likeness (QED) is 0.582. The highest BCUT2D eigenvalue weighted by Crippen LogP contribution is 2.21. The van der Waals surface area contributed by atoms with E-state index in [-0.39, 0.29) is 0 Å². The smallest absolute Gasteiger partial charge is 0.0999 e. The number of aromatic nitrogens is 2. The van der Waals surface area contributed by atoms with Crippen LogP contribution in [-0.2, 0) is 0 Å². The minimum Gasteiger partial charge on any atom is -0.306 e. The summed E-state index contributed by atoms with van der Waals surface area (Å²) >= 11 is 0. The molecule has 0 atom stereocenters. The van der Waals surface area contributed by atoms with E-state index in [1.165, 1.54) is 0 Å². The van der Waals surface area contributed by atoms with Crippen molar-refractivity contribution < 1.29 is 0 Å². The third-order valence-electron chi connectivity index (χ3n) is 2.49. The van der Waals surface area contributed by atoms with E-state index in [2.05, 4.69) is 23.2 Å². The van der Waals surface area contributed by atoms with Crippen LogP contribution in [0.2, 0.25) is 0 Å². The Morgan fingerprint density at radius 3 is 2.53 bits per heavy atom. The maximum atomic E-state index is 4.43. The van der Waals surface area contributed by atoms with E-state index >= 15 is 0 Å². The number of nitrogens with zero attached hydrogens (tertiary/aromatic N) is 2. The first-order valence-electron chi connectivity index (χ1n) is 4.92. The predicted molar refractivity (Wildman–Crippen MR) is 60.6 cm³/mol. The van der Waals surface area contributed by atoms with Crippen LogP contribution in [-0.4, -0.2) is 9.38 Å². The summed E-state index contributed by atoms with van der Waals surface area (Å²) in [5.74, 6) is 0. The van der Waals surface area contributed by atoms with Gasteiger partial charge in [0.1, 0.15) is 0 Å². The second-order valence-corrected chi connectivity index (χ2v) is 3.45. The second kappa shape index (κ2) is 3.24. The first kappa shape index (κ1) is 8.24. The van der Waals surface area contributed by atoms with Gasteiger partial charge in [-0.05, 0) is 12.1 Å². The Kier molecular flexibility index (Phi) is 1.78. The minimum absolute atomic E-state index is 1.04. The molecule has 0 bridgehead atoms. The van der Waals surface area contributed by atoms with Gasteiger partial charge < -0.3 is 4.40 Å². The van der Waals surface area contributed by atoms with E-state index in [4.69, 9.17) is 0 Å². The zero-order valence-electron chi connectivity index (χ0n) is 8.17. The summed E-state index contributed by atoms with van der Waals surface area (Å²) in [6, 6.07) is 16.3. The molecule has 2 heteroatoms. The standard InChI is InChI=1S/C13H10N2/c1-2-6-11(7-3-1)13-12-8-4-5-9-15(12)10-14-13/h1-10H. The Hall–Kier alpha value is -2.09. The van der Waals surface area contributed by atoms with Gasteiger partial charge in [-0.25, -0.2) is 4.98 Å². The molecule has 0 N–H and O–H groups in total. The molecule has 3 rings (SSSR count). The molecule has 72 valence electrons. The van der Waals surface area contributed by atoms with Crippen LogP contribution in [0.15, 0.2) is 61.1 Å². The van der Waals surface area contributed by atoms with Crippen LogP contribution in [0.1, 0.15) is 0 Å². The first-order chi connectivity index (χ1) is 7.45. The summed E-state index contributed by atoms with van der Waals surface area (Å²) in [6.07, 6.45) is 3.85. The minimum atomic E-state index is 1.04. The molecule has 15 heavy (non-hydrogen) atoms. The van der Waals surface area contributed by atoms with E-state index in [1.807, 2.05) is 47.3 Å². The van der Waals surface area contributed by atoms with Gasteiger partial charge in [0.15, 0.2) is 0 Å². The van der Waals surface area contributed by atoms with Crippen molar-refractivity contribution in [2.75, 3.05) is 0 Å². The van der Waals surface area contributed by atoms with E-state index in [9.17, 15) is 0 Å². The fourth-order valence-corrected chi connectivity index (χ4v) is 1.76. The van der Waals surface area contributed by atoms with Crippen LogP contribution >= 0.6 is 0 Å². The van der Waals surface area contributed by atoms with Gasteiger partial charge in [0.2, 0.25) is 0 Å². The molecule has 0 radical (unpaired) electrons. The van der Waals surface area contributed by atoms with Gasteiger partial charge in [-0.1, -0.05) is 36.4 Å². The van der Waals surface area contributed by atoms with Crippen LogP contribution in [0.5, 0.6) is 0 Å². The lowest BCUT2D eigenvalue weighted by Crippen LogP contribution is -1.80. The maximum absolute atomic E-state index is 4.43. The van der Waals surface area contributed by atoms with E-state index in [1.54, 1.807) is 0 Å². The van der Waals surface area contributed by atoms with Crippen LogP contribution < -0.4 is 0 Å². The van der Waals surface area contributed by atoms with Gasteiger partial charge in [0.25, 0.3) is 0 Å². The maximum Gasteiger partial charge on any atom is 0.0999 e. The number of benzene rings is 1. The topological polar surface area (TPSA) is 17.3 Å².